The van der Waals surface area contributed by atoms with Crippen molar-refractivity contribution >= 4 is 34.3 Å². The minimum atomic E-state index is -0.902. The number of carbonyl (C=O) groups excluding carboxylic acids is 2. The molecule has 2 heterocycles. The van der Waals surface area contributed by atoms with Crippen LogP contribution in [0, 0.1) is 0 Å². The summed E-state index contributed by atoms with van der Waals surface area (Å²) in [7, 11) is 0. The molecule has 25 heavy (non-hydrogen) atoms. The number of para-hydroxylation sites is 1. The summed E-state index contributed by atoms with van der Waals surface area (Å²) >= 11 is 1.31. The normalized spacial score (nSPS) is 18.5. The Labute approximate surface area is 147 Å². The number of hydrogen-bond donors (Lipinski definition) is 1. The van der Waals surface area contributed by atoms with Gasteiger partial charge in [0.2, 0.25) is 11.9 Å². The zero-order chi connectivity index (χ0) is 17.4. The molecule has 0 aromatic heterocycles. The summed E-state index contributed by atoms with van der Waals surface area (Å²) in [6.45, 7) is 0. The molecule has 0 fully saturated rings. The lowest BCUT2D eigenvalue weighted by molar-refractivity contribution is -0.115. The average molecular weight is 350 g/mol. The molecule has 0 saturated carbocycles. The summed E-state index contributed by atoms with van der Waals surface area (Å²) < 4.78 is 0. The number of carbonyl (C=O) groups is 2. The molecule has 2 aromatic carbocycles. The maximum absolute atomic E-state index is 13.0. The molecule has 7 heteroatoms. The first-order chi connectivity index (χ1) is 12.2. The van der Waals surface area contributed by atoms with Crippen LogP contribution in [0.15, 0.2) is 64.7 Å². The highest BCUT2D eigenvalue weighted by molar-refractivity contribution is 8.13. The second-order valence-corrected chi connectivity index (χ2v) is 6.30. The third-order valence-corrected chi connectivity index (χ3v) is 4.57. The fourth-order valence-corrected chi connectivity index (χ4v) is 3.21. The van der Waals surface area contributed by atoms with Gasteiger partial charge in [-0.3, -0.25) is 14.9 Å². The van der Waals surface area contributed by atoms with Crippen LogP contribution in [-0.2, 0) is 4.79 Å². The van der Waals surface area contributed by atoms with Gasteiger partial charge in [-0.2, -0.15) is 0 Å². The second-order valence-electron chi connectivity index (χ2n) is 5.51. The highest BCUT2D eigenvalue weighted by Gasteiger charge is 2.37. The van der Waals surface area contributed by atoms with Gasteiger partial charge >= 0.3 is 0 Å². The van der Waals surface area contributed by atoms with E-state index in [4.69, 9.17) is 0 Å². The lowest BCUT2D eigenvalue weighted by atomic mass is 10.1. The van der Waals surface area contributed by atoms with Crippen molar-refractivity contribution in [3.8, 4) is 0 Å². The summed E-state index contributed by atoms with van der Waals surface area (Å²) in [6.07, 6.45) is 0.910. The topological polar surface area (TPSA) is 74.1 Å². The van der Waals surface area contributed by atoms with Gasteiger partial charge in [0.05, 0.1) is 5.36 Å². The number of hydrogen-bond acceptors (Lipinski definition) is 6. The molecule has 124 valence electrons. The average Bonchev–Trinajstić information content (AvgIpc) is 2.67. The Morgan fingerprint density at radius 2 is 1.84 bits per heavy atom. The smallest absolute Gasteiger partial charge is 0.276 e. The van der Waals surface area contributed by atoms with Gasteiger partial charge < -0.3 is 0 Å². The largest absolute Gasteiger partial charge is 0.298 e. The standard InChI is InChI=1S/C18H14N4O2S/c1-25-18-20-17(24)14-12-9-5-6-10-13(12)19-16(22(14)21-18)15(23)11-7-3-2-4-8-11/h2-10,16H,1H3,(H,20,21,24). The van der Waals surface area contributed by atoms with E-state index in [1.165, 1.54) is 16.8 Å². The Morgan fingerprint density at radius 3 is 2.60 bits per heavy atom. The van der Waals surface area contributed by atoms with Crippen LogP contribution in [-0.4, -0.2) is 34.3 Å². The molecule has 1 atom stereocenters. The van der Waals surface area contributed by atoms with Gasteiger partial charge in [-0.25, -0.2) is 10.0 Å². The molecular formula is C18H14N4O2S. The van der Waals surface area contributed by atoms with Gasteiger partial charge in [-0.1, -0.05) is 60.3 Å². The maximum atomic E-state index is 13.0. The van der Waals surface area contributed by atoms with Crippen molar-refractivity contribution in [1.82, 2.24) is 10.3 Å². The molecule has 0 saturated heterocycles. The molecule has 0 bridgehead atoms. The molecular weight excluding hydrogens is 336 g/mol. The van der Waals surface area contributed by atoms with Gasteiger partial charge in [0.15, 0.2) is 5.17 Å². The van der Waals surface area contributed by atoms with E-state index < -0.39 is 6.17 Å². The molecule has 0 spiro atoms. The summed E-state index contributed by atoms with van der Waals surface area (Å²) in [4.78, 5) is 30.2. The third kappa shape index (κ3) is 2.62. The first-order valence-corrected chi connectivity index (χ1v) is 8.91. The summed E-state index contributed by atoms with van der Waals surface area (Å²) in [5.74, 6) is -0.487. The van der Waals surface area contributed by atoms with Gasteiger partial charge in [-0.15, -0.1) is 5.10 Å². The summed E-state index contributed by atoms with van der Waals surface area (Å²) in [5.41, 5.74) is 0.875. The predicted octanol–water partition coefficient (Wildman–Crippen LogP) is 0.703. The predicted molar refractivity (Wildman–Crippen MR) is 96.1 cm³/mol. The SMILES string of the molecule is CSC1=NN2C(=c3ccccc3=NC2C(=O)c2ccccc2)C(=O)N1. The first-order valence-electron chi connectivity index (χ1n) is 7.68. The quantitative estimate of drug-likeness (QED) is 0.810. The molecule has 1 amide bonds. The van der Waals surface area contributed by atoms with Gasteiger partial charge in [0.25, 0.3) is 5.91 Å². The van der Waals surface area contributed by atoms with Crippen molar-refractivity contribution in [2.45, 2.75) is 6.17 Å². The Morgan fingerprint density at radius 1 is 1.12 bits per heavy atom. The number of amidine groups is 1. The Hall–Kier alpha value is -2.93. The Balaban J connectivity index is 1.93. The molecule has 1 N–H and O–H groups in total. The molecule has 0 aliphatic carbocycles. The Bertz CT molecular complexity index is 1020. The van der Waals surface area contributed by atoms with Crippen LogP contribution >= 0.6 is 11.8 Å². The van der Waals surface area contributed by atoms with E-state index in [9.17, 15) is 9.59 Å². The number of nitrogens with zero attached hydrogens (tertiary/aromatic N) is 3. The van der Waals surface area contributed by atoms with Crippen molar-refractivity contribution in [1.29, 1.82) is 0 Å². The minimum Gasteiger partial charge on any atom is -0.298 e. The highest BCUT2D eigenvalue weighted by Crippen LogP contribution is 2.22. The lowest BCUT2D eigenvalue weighted by Gasteiger charge is -2.32. The fraction of sp³-hybridized carbons (Fsp3) is 0.111. The number of hydrazone groups is 1. The van der Waals surface area contributed by atoms with Crippen LogP contribution in [0.25, 0.3) is 5.70 Å². The maximum Gasteiger partial charge on any atom is 0.276 e. The van der Waals surface area contributed by atoms with E-state index >= 15 is 0 Å². The summed E-state index contributed by atoms with van der Waals surface area (Å²) in [5, 5.41) is 10.3. The van der Waals surface area contributed by atoms with Crippen molar-refractivity contribution in [3.05, 3.63) is 70.7 Å². The van der Waals surface area contributed by atoms with Crippen molar-refractivity contribution in [2.75, 3.05) is 6.26 Å². The number of benzene rings is 2. The molecule has 6 nitrogen and oxygen atoms in total. The minimum absolute atomic E-state index is 0.202. The van der Waals surface area contributed by atoms with Crippen molar-refractivity contribution in [2.24, 2.45) is 10.1 Å². The Kier molecular flexibility index (Phi) is 3.85. The van der Waals surface area contributed by atoms with Gasteiger partial charge in [0, 0.05) is 10.8 Å². The third-order valence-electron chi connectivity index (χ3n) is 4.00. The second kappa shape index (κ2) is 6.18. The van der Waals surface area contributed by atoms with Gasteiger partial charge in [-0.05, 0) is 12.3 Å². The summed E-state index contributed by atoms with van der Waals surface area (Å²) in [6, 6.07) is 16.2. The fourth-order valence-electron chi connectivity index (χ4n) is 2.84. The van der Waals surface area contributed by atoms with E-state index in [1.807, 2.05) is 30.5 Å². The van der Waals surface area contributed by atoms with Crippen LogP contribution in [0.4, 0.5) is 0 Å². The van der Waals surface area contributed by atoms with Crippen molar-refractivity contribution < 1.29 is 9.59 Å². The van der Waals surface area contributed by atoms with E-state index in [2.05, 4.69) is 15.4 Å². The number of Topliss-reactive ketones (excluding diaryl/α,β-unsaturated/α-hetero) is 1. The van der Waals surface area contributed by atoms with Crippen LogP contribution in [0.1, 0.15) is 10.4 Å². The van der Waals surface area contributed by atoms with Crippen LogP contribution in [0.5, 0.6) is 0 Å². The first kappa shape index (κ1) is 15.6. The highest BCUT2D eigenvalue weighted by atomic mass is 32.2. The van der Waals surface area contributed by atoms with E-state index in [0.717, 1.165) is 0 Å². The number of fused-ring (bicyclic) bond motifs is 2. The molecule has 0 radical (unpaired) electrons. The molecule has 2 aliphatic rings. The number of ketones is 1. The lowest BCUT2D eigenvalue weighted by Crippen LogP contribution is -2.54. The molecule has 2 aromatic rings. The number of nitrogens with one attached hydrogen (secondary N) is 1. The van der Waals surface area contributed by atoms with Crippen molar-refractivity contribution in [3.63, 3.8) is 0 Å². The molecule has 4 rings (SSSR count). The van der Waals surface area contributed by atoms with Crippen LogP contribution in [0.2, 0.25) is 0 Å². The number of rotatable bonds is 2. The number of amides is 1. The van der Waals surface area contributed by atoms with Crippen LogP contribution < -0.4 is 15.9 Å². The molecule has 1 unspecified atom stereocenters. The monoisotopic (exact) mass is 350 g/mol. The zero-order valence-electron chi connectivity index (χ0n) is 13.3. The van der Waals surface area contributed by atoms with E-state index in [-0.39, 0.29) is 11.7 Å². The number of thioether (sulfide) groups is 1. The zero-order valence-corrected chi connectivity index (χ0v) is 14.2. The van der Waals surface area contributed by atoms with Gasteiger partial charge in [0.1, 0.15) is 5.70 Å². The van der Waals surface area contributed by atoms with E-state index in [1.54, 1.807) is 30.3 Å². The van der Waals surface area contributed by atoms with Crippen LogP contribution in [0.3, 0.4) is 0 Å². The van der Waals surface area contributed by atoms with E-state index in [0.29, 0.717) is 27.0 Å². The molecule has 2 aliphatic heterocycles.